The average molecular weight is 303 g/mol. The molecule has 2 aromatic rings. The molecule has 2 aromatic heterocycles. The Bertz CT molecular complexity index is 603. The zero-order valence-corrected chi connectivity index (χ0v) is 13.4. The Morgan fingerprint density at radius 3 is 2.52 bits per heavy atom. The van der Waals surface area contributed by atoms with Crippen LogP contribution in [0.2, 0.25) is 0 Å². The summed E-state index contributed by atoms with van der Waals surface area (Å²) in [5.74, 6) is 1.06. The van der Waals surface area contributed by atoms with Crippen LogP contribution in [0.3, 0.4) is 0 Å². The van der Waals surface area contributed by atoms with Gasteiger partial charge in [-0.3, -0.25) is 0 Å². The normalized spacial score (nSPS) is 15.6. The summed E-state index contributed by atoms with van der Waals surface area (Å²) < 4.78 is 0. The van der Waals surface area contributed by atoms with Crippen LogP contribution in [0.1, 0.15) is 16.8 Å². The first-order valence-corrected chi connectivity index (χ1v) is 8.13. The lowest BCUT2D eigenvalue weighted by atomic mass is 10.1. The van der Waals surface area contributed by atoms with Crippen LogP contribution >= 0.6 is 11.3 Å². The van der Waals surface area contributed by atoms with Crippen LogP contribution in [0.25, 0.3) is 0 Å². The minimum Gasteiger partial charge on any atom is -0.353 e. The van der Waals surface area contributed by atoms with Gasteiger partial charge in [-0.2, -0.15) is 0 Å². The van der Waals surface area contributed by atoms with Crippen LogP contribution in [0, 0.1) is 13.8 Å². The zero-order chi connectivity index (χ0) is 14.8. The van der Waals surface area contributed by atoms with Crippen molar-refractivity contribution in [3.63, 3.8) is 0 Å². The fraction of sp³-hybridized carbons (Fsp3) is 0.467. The van der Waals surface area contributed by atoms with Crippen molar-refractivity contribution in [2.24, 2.45) is 5.73 Å². The van der Waals surface area contributed by atoms with E-state index in [1.807, 2.05) is 18.5 Å². The number of nitrogens with zero attached hydrogens (tertiary/aromatic N) is 4. The Hall–Kier alpha value is -1.66. The number of nitrogens with two attached hydrogens (primary N) is 1. The maximum Gasteiger partial charge on any atom is 0.185 e. The summed E-state index contributed by atoms with van der Waals surface area (Å²) >= 11 is 1.70. The topological polar surface area (TPSA) is 58.3 Å². The lowest BCUT2D eigenvalue weighted by Gasteiger charge is -2.36. The number of hydrogen-bond acceptors (Lipinski definition) is 6. The molecule has 5 nitrogen and oxygen atoms in total. The molecule has 112 valence electrons. The highest BCUT2D eigenvalue weighted by atomic mass is 32.1. The molecule has 1 aliphatic rings. The first-order valence-electron chi connectivity index (χ1n) is 7.25. The molecule has 3 rings (SSSR count). The van der Waals surface area contributed by atoms with Crippen molar-refractivity contribution in [3.05, 3.63) is 34.5 Å². The number of thiazole rings is 1. The minimum absolute atomic E-state index is 0.543. The second-order valence-electron chi connectivity index (χ2n) is 5.38. The quantitative estimate of drug-likeness (QED) is 0.939. The molecule has 3 heterocycles. The number of hydrogen-bond donors (Lipinski definition) is 1. The lowest BCUT2D eigenvalue weighted by Crippen LogP contribution is -2.47. The van der Waals surface area contributed by atoms with Crippen molar-refractivity contribution in [3.8, 4) is 0 Å². The van der Waals surface area contributed by atoms with E-state index in [1.54, 1.807) is 11.3 Å². The third-order valence-electron chi connectivity index (χ3n) is 3.93. The van der Waals surface area contributed by atoms with Gasteiger partial charge in [-0.25, -0.2) is 9.97 Å². The third kappa shape index (κ3) is 2.87. The Kier molecular flexibility index (Phi) is 4.07. The summed E-state index contributed by atoms with van der Waals surface area (Å²) in [5.41, 5.74) is 9.39. The van der Waals surface area contributed by atoms with Crippen LogP contribution < -0.4 is 15.5 Å². The molecular weight excluding hydrogens is 282 g/mol. The highest BCUT2D eigenvalue weighted by Crippen LogP contribution is 2.25. The van der Waals surface area contributed by atoms with Gasteiger partial charge in [0.15, 0.2) is 5.13 Å². The van der Waals surface area contributed by atoms with Gasteiger partial charge >= 0.3 is 0 Å². The van der Waals surface area contributed by atoms with E-state index in [-0.39, 0.29) is 0 Å². The molecule has 0 amide bonds. The molecular formula is C15H21N5S. The summed E-state index contributed by atoms with van der Waals surface area (Å²) in [6.07, 6.45) is 1.87. The molecule has 1 saturated heterocycles. The maximum absolute atomic E-state index is 5.93. The molecule has 0 saturated carbocycles. The molecule has 1 aliphatic heterocycles. The molecule has 0 aromatic carbocycles. The van der Waals surface area contributed by atoms with Crippen LogP contribution in [0.5, 0.6) is 0 Å². The van der Waals surface area contributed by atoms with E-state index in [9.17, 15) is 0 Å². The first-order chi connectivity index (χ1) is 10.2. The number of pyridine rings is 1. The Morgan fingerprint density at radius 1 is 1.19 bits per heavy atom. The van der Waals surface area contributed by atoms with E-state index in [4.69, 9.17) is 10.7 Å². The highest BCUT2D eigenvalue weighted by Gasteiger charge is 2.22. The van der Waals surface area contributed by atoms with Crippen molar-refractivity contribution < 1.29 is 0 Å². The van der Waals surface area contributed by atoms with Gasteiger partial charge in [0.05, 0.1) is 0 Å². The van der Waals surface area contributed by atoms with Crippen LogP contribution in [0.4, 0.5) is 10.9 Å². The van der Waals surface area contributed by atoms with Crippen molar-refractivity contribution in [1.82, 2.24) is 9.97 Å². The van der Waals surface area contributed by atoms with Gasteiger partial charge in [0.2, 0.25) is 0 Å². The summed E-state index contributed by atoms with van der Waals surface area (Å²) in [4.78, 5) is 13.8. The number of aromatic nitrogens is 2. The Balaban J connectivity index is 1.78. The number of rotatable bonds is 3. The van der Waals surface area contributed by atoms with E-state index >= 15 is 0 Å². The van der Waals surface area contributed by atoms with Gasteiger partial charge < -0.3 is 15.5 Å². The Morgan fingerprint density at radius 2 is 1.90 bits per heavy atom. The van der Waals surface area contributed by atoms with Crippen LogP contribution in [-0.4, -0.2) is 36.1 Å². The van der Waals surface area contributed by atoms with Crippen LogP contribution in [-0.2, 0) is 6.54 Å². The van der Waals surface area contributed by atoms with Crippen molar-refractivity contribution in [2.75, 3.05) is 36.0 Å². The maximum atomic E-state index is 5.93. The molecule has 2 N–H and O–H groups in total. The van der Waals surface area contributed by atoms with E-state index in [1.165, 1.54) is 11.1 Å². The third-order valence-corrected chi connectivity index (χ3v) is 4.76. The second-order valence-corrected chi connectivity index (χ2v) is 6.25. The van der Waals surface area contributed by atoms with Gasteiger partial charge in [0.25, 0.3) is 0 Å². The lowest BCUT2D eigenvalue weighted by molar-refractivity contribution is 0.642. The van der Waals surface area contributed by atoms with Crippen molar-refractivity contribution in [1.29, 1.82) is 0 Å². The predicted octanol–water partition coefficient (Wildman–Crippen LogP) is 1.94. The van der Waals surface area contributed by atoms with Gasteiger partial charge in [-0.1, -0.05) is 0 Å². The molecule has 0 bridgehead atoms. The largest absolute Gasteiger partial charge is 0.353 e. The fourth-order valence-corrected chi connectivity index (χ4v) is 3.54. The van der Waals surface area contributed by atoms with E-state index in [0.29, 0.717) is 6.54 Å². The van der Waals surface area contributed by atoms with Gasteiger partial charge in [0.1, 0.15) is 5.82 Å². The van der Waals surface area contributed by atoms with Crippen molar-refractivity contribution in [2.45, 2.75) is 20.4 Å². The molecule has 0 aliphatic carbocycles. The molecule has 6 heteroatoms. The van der Waals surface area contributed by atoms with Crippen LogP contribution in [0.15, 0.2) is 17.6 Å². The summed E-state index contributed by atoms with van der Waals surface area (Å²) in [5, 5.41) is 3.14. The van der Waals surface area contributed by atoms with E-state index in [0.717, 1.165) is 42.8 Å². The zero-order valence-electron chi connectivity index (χ0n) is 12.5. The molecule has 0 spiro atoms. The second kappa shape index (κ2) is 5.99. The molecule has 1 fully saturated rings. The molecule has 0 radical (unpaired) electrons. The monoisotopic (exact) mass is 303 g/mol. The number of aryl methyl sites for hydroxylation is 2. The SMILES string of the molecule is Cc1cc(C)c(CN)c(N2CCN(c3nccs3)CC2)n1. The summed E-state index contributed by atoms with van der Waals surface area (Å²) in [7, 11) is 0. The summed E-state index contributed by atoms with van der Waals surface area (Å²) in [6, 6.07) is 2.11. The number of anilines is 2. The molecule has 0 unspecified atom stereocenters. The number of piperazine rings is 1. The highest BCUT2D eigenvalue weighted by molar-refractivity contribution is 7.13. The van der Waals surface area contributed by atoms with Crippen molar-refractivity contribution >= 4 is 22.3 Å². The van der Waals surface area contributed by atoms with E-state index in [2.05, 4.69) is 27.8 Å². The smallest absolute Gasteiger partial charge is 0.185 e. The average Bonchev–Trinajstić information content (AvgIpc) is 3.01. The van der Waals surface area contributed by atoms with E-state index < -0.39 is 0 Å². The minimum atomic E-state index is 0.543. The fourth-order valence-electron chi connectivity index (χ4n) is 2.84. The van der Waals surface area contributed by atoms with Gasteiger partial charge in [-0.15, -0.1) is 11.3 Å². The van der Waals surface area contributed by atoms with Gasteiger partial charge in [0, 0.05) is 55.6 Å². The Labute approximate surface area is 129 Å². The molecule has 21 heavy (non-hydrogen) atoms. The standard InChI is InChI=1S/C15H21N5S/c1-11-9-12(2)18-14(13(11)10-16)19-4-6-20(7-5-19)15-17-3-8-21-15/h3,8-9H,4-7,10,16H2,1-2H3. The predicted molar refractivity (Wildman–Crippen MR) is 88.1 cm³/mol. The molecule has 0 atom stereocenters. The summed E-state index contributed by atoms with van der Waals surface area (Å²) in [6.45, 7) is 8.58. The van der Waals surface area contributed by atoms with Gasteiger partial charge in [-0.05, 0) is 25.5 Å². The first kappa shape index (κ1) is 14.3.